The van der Waals surface area contributed by atoms with E-state index >= 15 is 0 Å². The van der Waals surface area contributed by atoms with Crippen LogP contribution < -0.4 is 10.6 Å². The maximum Gasteiger partial charge on any atom is 0.197 e. The second-order valence-corrected chi connectivity index (χ2v) is 6.41. The molecule has 0 amide bonds. The minimum absolute atomic E-state index is 0.0617. The van der Waals surface area contributed by atoms with E-state index in [1.165, 1.54) is 0 Å². The highest BCUT2D eigenvalue weighted by Gasteiger charge is 2.16. The Morgan fingerprint density at radius 1 is 1.10 bits per heavy atom. The van der Waals surface area contributed by atoms with Gasteiger partial charge in [-0.05, 0) is 48.9 Å². The van der Waals surface area contributed by atoms with Crippen LogP contribution in [0.2, 0.25) is 5.02 Å². The van der Waals surface area contributed by atoms with Gasteiger partial charge in [-0.2, -0.15) is 0 Å². The molecule has 0 heterocycles. The summed E-state index contributed by atoms with van der Waals surface area (Å²) >= 11 is 9.57. The Labute approximate surface area is 138 Å². The van der Waals surface area contributed by atoms with Gasteiger partial charge in [0.2, 0.25) is 0 Å². The molecule has 110 valence electrons. The third-order valence-electron chi connectivity index (χ3n) is 2.95. The Balaban J connectivity index is 2.55. The van der Waals surface area contributed by atoms with Gasteiger partial charge in [0.1, 0.15) is 0 Å². The van der Waals surface area contributed by atoms with Crippen LogP contribution in [0.15, 0.2) is 52.3 Å². The lowest BCUT2D eigenvalue weighted by molar-refractivity contribution is 1.23. The quantitative estimate of drug-likeness (QED) is 0.477. The molecule has 0 unspecified atom stereocenters. The van der Waals surface area contributed by atoms with Crippen molar-refractivity contribution < 1.29 is 0 Å². The molecule has 0 spiro atoms. The Kier molecular flexibility index (Phi) is 5.45. The van der Waals surface area contributed by atoms with Crippen molar-refractivity contribution in [1.82, 2.24) is 0 Å². The highest BCUT2D eigenvalue weighted by Crippen LogP contribution is 2.35. The number of benzene rings is 2. The number of halogens is 1. The van der Waals surface area contributed by atoms with Crippen molar-refractivity contribution in [1.29, 1.82) is 5.41 Å². The summed E-state index contributed by atoms with van der Waals surface area (Å²) in [5.74, 6) is -0.0617. The molecule has 3 nitrogen and oxygen atoms in total. The van der Waals surface area contributed by atoms with E-state index in [-0.39, 0.29) is 5.96 Å². The molecular formula is C15H16ClN3S2. The zero-order chi connectivity index (χ0) is 15.4. The minimum Gasteiger partial charge on any atom is -0.369 e. The van der Waals surface area contributed by atoms with Crippen molar-refractivity contribution in [2.24, 2.45) is 5.73 Å². The van der Waals surface area contributed by atoms with Crippen LogP contribution in [0.5, 0.6) is 0 Å². The fourth-order valence-corrected chi connectivity index (χ4v) is 3.04. The van der Waals surface area contributed by atoms with Crippen LogP contribution in [0, 0.1) is 5.41 Å². The van der Waals surface area contributed by atoms with Crippen LogP contribution in [-0.2, 0) is 0 Å². The van der Waals surface area contributed by atoms with E-state index in [0.29, 0.717) is 10.7 Å². The molecule has 0 aromatic heterocycles. The van der Waals surface area contributed by atoms with Crippen molar-refractivity contribution >= 4 is 52.5 Å². The first-order valence-electron chi connectivity index (χ1n) is 6.18. The summed E-state index contributed by atoms with van der Waals surface area (Å²) in [4.78, 5) is 3.83. The summed E-state index contributed by atoms with van der Waals surface area (Å²) in [6, 6.07) is 13.6. The molecule has 2 aromatic carbocycles. The third-order valence-corrected chi connectivity index (χ3v) is 4.72. The van der Waals surface area contributed by atoms with E-state index in [2.05, 4.69) is 0 Å². The SMILES string of the molecule is CSc1cccc(N(C(=N)N)c2cc(SC)ccc2Cl)c1. The lowest BCUT2D eigenvalue weighted by atomic mass is 10.2. The van der Waals surface area contributed by atoms with Crippen LogP contribution in [-0.4, -0.2) is 18.5 Å². The predicted molar refractivity (Wildman–Crippen MR) is 95.5 cm³/mol. The minimum atomic E-state index is -0.0617. The van der Waals surface area contributed by atoms with Gasteiger partial charge in [-0.15, -0.1) is 23.5 Å². The molecule has 6 heteroatoms. The van der Waals surface area contributed by atoms with E-state index in [1.54, 1.807) is 28.4 Å². The second-order valence-electron chi connectivity index (χ2n) is 4.24. The first-order valence-corrected chi connectivity index (χ1v) is 9.01. The zero-order valence-electron chi connectivity index (χ0n) is 11.8. The molecule has 0 aliphatic heterocycles. The van der Waals surface area contributed by atoms with Gasteiger partial charge < -0.3 is 5.73 Å². The molecule has 0 saturated carbocycles. The van der Waals surface area contributed by atoms with Gasteiger partial charge in [0, 0.05) is 9.79 Å². The van der Waals surface area contributed by atoms with Gasteiger partial charge in [0.25, 0.3) is 0 Å². The zero-order valence-corrected chi connectivity index (χ0v) is 14.1. The maximum absolute atomic E-state index is 7.91. The number of nitrogens with one attached hydrogen (secondary N) is 1. The summed E-state index contributed by atoms with van der Waals surface area (Å²) in [5, 5.41) is 8.48. The molecular weight excluding hydrogens is 322 g/mol. The molecule has 21 heavy (non-hydrogen) atoms. The number of thioether (sulfide) groups is 2. The number of nitrogens with two attached hydrogens (primary N) is 1. The normalized spacial score (nSPS) is 10.4. The van der Waals surface area contributed by atoms with Gasteiger partial charge in [-0.3, -0.25) is 10.3 Å². The average molecular weight is 338 g/mol. The number of anilines is 2. The summed E-state index contributed by atoms with van der Waals surface area (Å²) in [6.45, 7) is 0. The Hall–Kier alpha value is -1.30. The molecule has 0 bridgehead atoms. The van der Waals surface area contributed by atoms with E-state index in [1.807, 2.05) is 55.0 Å². The number of guanidine groups is 1. The lowest BCUT2D eigenvalue weighted by Crippen LogP contribution is -2.32. The van der Waals surface area contributed by atoms with Gasteiger partial charge in [-0.1, -0.05) is 17.7 Å². The van der Waals surface area contributed by atoms with Crippen molar-refractivity contribution in [3.8, 4) is 0 Å². The van der Waals surface area contributed by atoms with Crippen molar-refractivity contribution in [2.45, 2.75) is 9.79 Å². The van der Waals surface area contributed by atoms with Gasteiger partial charge in [0.05, 0.1) is 16.4 Å². The summed E-state index contributed by atoms with van der Waals surface area (Å²) < 4.78 is 0. The van der Waals surface area contributed by atoms with Crippen molar-refractivity contribution in [3.05, 3.63) is 47.5 Å². The molecule has 0 radical (unpaired) electrons. The van der Waals surface area contributed by atoms with Crippen LogP contribution in [0.1, 0.15) is 0 Å². The molecule has 3 N–H and O–H groups in total. The van der Waals surface area contributed by atoms with Gasteiger partial charge in [0.15, 0.2) is 5.96 Å². The first-order chi connectivity index (χ1) is 10.1. The number of rotatable bonds is 4. The van der Waals surface area contributed by atoms with Crippen LogP contribution in [0.25, 0.3) is 0 Å². The monoisotopic (exact) mass is 337 g/mol. The van der Waals surface area contributed by atoms with Gasteiger partial charge in [-0.25, -0.2) is 0 Å². The highest BCUT2D eigenvalue weighted by atomic mass is 35.5. The summed E-state index contributed by atoms with van der Waals surface area (Å²) in [7, 11) is 0. The predicted octanol–water partition coefficient (Wildman–Crippen LogP) is 4.82. The van der Waals surface area contributed by atoms with E-state index < -0.39 is 0 Å². The van der Waals surface area contributed by atoms with E-state index in [0.717, 1.165) is 15.5 Å². The lowest BCUT2D eigenvalue weighted by Gasteiger charge is -2.24. The first kappa shape index (κ1) is 16.1. The molecule has 2 aromatic rings. The Morgan fingerprint density at radius 3 is 2.38 bits per heavy atom. The summed E-state index contributed by atoms with van der Waals surface area (Å²) in [6.07, 6.45) is 4.01. The van der Waals surface area contributed by atoms with Crippen LogP contribution in [0.4, 0.5) is 11.4 Å². The maximum atomic E-state index is 7.91. The number of hydrogen-bond acceptors (Lipinski definition) is 3. The van der Waals surface area contributed by atoms with E-state index in [9.17, 15) is 0 Å². The van der Waals surface area contributed by atoms with Crippen LogP contribution >= 0.6 is 35.1 Å². The molecule has 0 aliphatic carbocycles. The van der Waals surface area contributed by atoms with E-state index in [4.69, 9.17) is 22.7 Å². The Morgan fingerprint density at radius 2 is 1.76 bits per heavy atom. The number of hydrogen-bond donors (Lipinski definition) is 2. The molecule has 2 rings (SSSR count). The highest BCUT2D eigenvalue weighted by molar-refractivity contribution is 7.98. The van der Waals surface area contributed by atoms with Crippen molar-refractivity contribution in [3.63, 3.8) is 0 Å². The topological polar surface area (TPSA) is 53.1 Å². The fraction of sp³-hybridized carbons (Fsp3) is 0.133. The Bertz CT molecular complexity index is 661. The average Bonchev–Trinajstić information content (AvgIpc) is 2.49. The smallest absolute Gasteiger partial charge is 0.197 e. The van der Waals surface area contributed by atoms with Crippen LogP contribution in [0.3, 0.4) is 0 Å². The third kappa shape index (κ3) is 3.67. The molecule has 0 aliphatic rings. The second kappa shape index (κ2) is 7.11. The summed E-state index contributed by atoms with van der Waals surface area (Å²) in [5.41, 5.74) is 7.33. The molecule has 0 fully saturated rings. The largest absolute Gasteiger partial charge is 0.369 e. The standard InChI is InChI=1S/C15H16ClN3S2/c1-20-11-5-3-4-10(8-11)19(15(17)18)14-9-12(21-2)6-7-13(14)16/h3-9H,1-2H3,(H3,17,18). The van der Waals surface area contributed by atoms with Gasteiger partial charge >= 0.3 is 0 Å². The molecule has 0 saturated heterocycles. The fourth-order valence-electron chi connectivity index (χ4n) is 1.95. The molecule has 0 atom stereocenters. The van der Waals surface area contributed by atoms with Crippen molar-refractivity contribution in [2.75, 3.05) is 17.4 Å². The number of nitrogens with zero attached hydrogens (tertiary/aromatic N) is 1.